The molecule has 1 N–H and O–H groups in total. The Labute approximate surface area is 91.9 Å². The minimum absolute atomic E-state index is 0.0527. The highest BCUT2D eigenvalue weighted by Crippen LogP contribution is 2.45. The van der Waals surface area contributed by atoms with Gasteiger partial charge in [-0.3, -0.25) is 0 Å². The highest BCUT2D eigenvalue weighted by atomic mass is 79.9. The van der Waals surface area contributed by atoms with Crippen molar-refractivity contribution in [1.29, 1.82) is 0 Å². The summed E-state index contributed by atoms with van der Waals surface area (Å²) in [6.45, 7) is 3.71. The average molecular weight is 263 g/mol. The smallest absolute Gasteiger partial charge is 0.338 e. The Bertz CT molecular complexity index is 264. The molecule has 1 saturated carbocycles. The summed E-state index contributed by atoms with van der Waals surface area (Å²) in [7, 11) is 0. The third-order valence-electron chi connectivity index (χ3n) is 3.42. The van der Waals surface area contributed by atoms with Crippen molar-refractivity contribution in [2.75, 3.05) is 0 Å². The second-order valence-corrected chi connectivity index (χ2v) is 5.89. The maximum absolute atomic E-state index is 11.4. The number of ether oxygens (including phenoxy) is 1. The number of rotatable bonds is 0. The Morgan fingerprint density at radius 2 is 2.21 bits per heavy atom. The number of halogens is 1. The van der Waals surface area contributed by atoms with Gasteiger partial charge in [0.25, 0.3) is 0 Å². The van der Waals surface area contributed by atoms with E-state index in [0.717, 1.165) is 12.8 Å². The van der Waals surface area contributed by atoms with Crippen LogP contribution in [0.1, 0.15) is 26.7 Å². The van der Waals surface area contributed by atoms with Crippen molar-refractivity contribution in [2.45, 2.75) is 43.2 Å². The van der Waals surface area contributed by atoms with Gasteiger partial charge in [-0.2, -0.15) is 0 Å². The number of hydrogen-bond acceptors (Lipinski definition) is 3. The Balaban J connectivity index is 2.26. The van der Waals surface area contributed by atoms with E-state index in [2.05, 4.69) is 22.9 Å². The Hall–Kier alpha value is -0.0900. The van der Waals surface area contributed by atoms with E-state index in [0.29, 0.717) is 5.92 Å². The van der Waals surface area contributed by atoms with Crippen LogP contribution >= 0.6 is 15.9 Å². The van der Waals surface area contributed by atoms with E-state index in [1.807, 2.05) is 0 Å². The second-order valence-electron chi connectivity index (χ2n) is 4.72. The minimum Gasteiger partial charge on any atom is -0.459 e. The first kappa shape index (κ1) is 10.4. The lowest BCUT2D eigenvalue weighted by Gasteiger charge is -2.35. The van der Waals surface area contributed by atoms with Crippen LogP contribution in [-0.4, -0.2) is 27.6 Å². The summed E-state index contributed by atoms with van der Waals surface area (Å²) in [5, 5.41) is 10.00. The lowest BCUT2D eigenvalue weighted by molar-refractivity contribution is -0.154. The van der Waals surface area contributed by atoms with Crippen LogP contribution < -0.4 is 0 Å². The minimum atomic E-state index is -1.29. The summed E-state index contributed by atoms with van der Waals surface area (Å²) in [6, 6.07) is 0. The highest BCUT2D eigenvalue weighted by molar-refractivity contribution is 9.09. The third kappa shape index (κ3) is 1.39. The molecule has 1 aliphatic carbocycles. The van der Waals surface area contributed by atoms with Crippen LogP contribution in [0.2, 0.25) is 0 Å². The topological polar surface area (TPSA) is 46.5 Å². The number of carbonyl (C=O) groups excluding carboxylic acids is 1. The molecule has 2 fully saturated rings. The zero-order valence-corrected chi connectivity index (χ0v) is 9.95. The van der Waals surface area contributed by atoms with Gasteiger partial charge in [0, 0.05) is 5.92 Å². The number of alkyl halides is 1. The number of aliphatic hydroxyl groups is 1. The predicted molar refractivity (Wildman–Crippen MR) is 55.1 cm³/mol. The Kier molecular flexibility index (Phi) is 2.39. The van der Waals surface area contributed by atoms with Crippen molar-refractivity contribution >= 4 is 21.9 Å². The van der Waals surface area contributed by atoms with Gasteiger partial charge >= 0.3 is 5.97 Å². The molecule has 0 aromatic rings. The largest absolute Gasteiger partial charge is 0.459 e. The number of carbonyl (C=O) groups is 1. The highest BCUT2D eigenvalue weighted by Gasteiger charge is 2.57. The van der Waals surface area contributed by atoms with Gasteiger partial charge in [0.15, 0.2) is 5.60 Å². The molecule has 0 bridgehead atoms. The van der Waals surface area contributed by atoms with Crippen molar-refractivity contribution in [1.82, 2.24) is 0 Å². The SMILES string of the molecule is C[C@@H]1C[C@H](Br)[C@H]2OC(=O)[C@@](C)(O)[C@H]2C1. The van der Waals surface area contributed by atoms with Gasteiger partial charge in [0.2, 0.25) is 0 Å². The summed E-state index contributed by atoms with van der Waals surface area (Å²) >= 11 is 3.53. The summed E-state index contributed by atoms with van der Waals surface area (Å²) < 4.78 is 5.21. The average Bonchev–Trinajstić information content (AvgIpc) is 2.28. The molecule has 5 atom stereocenters. The van der Waals surface area contributed by atoms with Gasteiger partial charge in [0.1, 0.15) is 6.10 Å². The Morgan fingerprint density at radius 1 is 1.57 bits per heavy atom. The quantitative estimate of drug-likeness (QED) is 0.532. The van der Waals surface area contributed by atoms with Crippen LogP contribution in [0.15, 0.2) is 0 Å². The molecule has 0 aromatic carbocycles. The molecule has 2 aliphatic rings. The van der Waals surface area contributed by atoms with Gasteiger partial charge < -0.3 is 9.84 Å². The van der Waals surface area contributed by atoms with Gasteiger partial charge in [-0.25, -0.2) is 4.79 Å². The van der Waals surface area contributed by atoms with E-state index in [9.17, 15) is 9.90 Å². The van der Waals surface area contributed by atoms with Gasteiger partial charge in [-0.1, -0.05) is 22.9 Å². The lowest BCUT2D eigenvalue weighted by Crippen LogP contribution is -2.44. The van der Waals surface area contributed by atoms with Crippen LogP contribution in [0.25, 0.3) is 0 Å². The lowest BCUT2D eigenvalue weighted by atomic mass is 9.74. The molecule has 4 heteroatoms. The summed E-state index contributed by atoms with van der Waals surface area (Å²) in [4.78, 5) is 11.6. The monoisotopic (exact) mass is 262 g/mol. The van der Waals surface area contributed by atoms with E-state index >= 15 is 0 Å². The molecule has 3 nitrogen and oxygen atoms in total. The fraction of sp³-hybridized carbons (Fsp3) is 0.900. The molecule has 1 saturated heterocycles. The molecule has 0 aromatic heterocycles. The van der Waals surface area contributed by atoms with E-state index in [1.165, 1.54) is 0 Å². The fourth-order valence-electron chi connectivity index (χ4n) is 2.53. The molecular formula is C10H15BrO3. The zero-order chi connectivity index (χ0) is 10.5. The summed E-state index contributed by atoms with van der Waals surface area (Å²) in [6.07, 6.45) is 1.73. The summed E-state index contributed by atoms with van der Waals surface area (Å²) in [5.41, 5.74) is -1.29. The van der Waals surface area contributed by atoms with Crippen molar-refractivity contribution in [2.24, 2.45) is 11.8 Å². The second kappa shape index (κ2) is 3.20. The first-order valence-electron chi connectivity index (χ1n) is 5.00. The molecule has 1 heterocycles. The molecule has 80 valence electrons. The van der Waals surface area contributed by atoms with E-state index in [4.69, 9.17) is 4.74 Å². The van der Waals surface area contributed by atoms with Gasteiger partial charge in [-0.15, -0.1) is 0 Å². The molecule has 14 heavy (non-hydrogen) atoms. The normalized spacial score (nSPS) is 52.7. The Morgan fingerprint density at radius 3 is 2.86 bits per heavy atom. The molecule has 0 unspecified atom stereocenters. The van der Waals surface area contributed by atoms with Gasteiger partial charge in [-0.05, 0) is 25.7 Å². The summed E-state index contributed by atoms with van der Waals surface area (Å²) in [5.74, 6) is 0.00998. The van der Waals surface area contributed by atoms with Crippen LogP contribution in [-0.2, 0) is 9.53 Å². The van der Waals surface area contributed by atoms with Crippen molar-refractivity contribution in [3.05, 3.63) is 0 Å². The molecule has 0 spiro atoms. The molecule has 2 rings (SSSR count). The van der Waals surface area contributed by atoms with Gasteiger partial charge in [0.05, 0.1) is 4.83 Å². The first-order chi connectivity index (χ1) is 6.43. The van der Waals surface area contributed by atoms with Crippen LogP contribution in [0.4, 0.5) is 0 Å². The van der Waals surface area contributed by atoms with Crippen LogP contribution in [0, 0.1) is 11.8 Å². The third-order valence-corrected chi connectivity index (χ3v) is 4.31. The van der Waals surface area contributed by atoms with E-state index < -0.39 is 11.6 Å². The zero-order valence-electron chi connectivity index (χ0n) is 8.37. The van der Waals surface area contributed by atoms with E-state index in [1.54, 1.807) is 6.92 Å². The standard InChI is InChI=1S/C10H15BrO3/c1-5-3-6-8(7(11)4-5)14-9(12)10(6,2)13/h5-8,13H,3-4H2,1-2H3/t5-,6-,7-,8-,10-/m0/s1. The predicted octanol–water partition coefficient (Wildman–Crippen LogP) is 1.47. The maximum Gasteiger partial charge on any atom is 0.338 e. The maximum atomic E-state index is 11.4. The fourth-order valence-corrected chi connectivity index (χ4v) is 3.65. The van der Waals surface area contributed by atoms with Crippen molar-refractivity contribution in [3.63, 3.8) is 0 Å². The van der Waals surface area contributed by atoms with Crippen molar-refractivity contribution in [3.8, 4) is 0 Å². The number of fused-ring (bicyclic) bond motifs is 1. The molecule has 0 amide bonds. The number of hydrogen-bond donors (Lipinski definition) is 1. The number of esters is 1. The first-order valence-corrected chi connectivity index (χ1v) is 5.92. The van der Waals surface area contributed by atoms with E-state index in [-0.39, 0.29) is 16.8 Å². The van der Waals surface area contributed by atoms with Crippen molar-refractivity contribution < 1.29 is 14.6 Å². The molecule has 0 radical (unpaired) electrons. The van der Waals surface area contributed by atoms with Crippen LogP contribution in [0.5, 0.6) is 0 Å². The molecular weight excluding hydrogens is 248 g/mol. The van der Waals surface area contributed by atoms with Crippen LogP contribution in [0.3, 0.4) is 0 Å². The molecule has 1 aliphatic heterocycles.